The van der Waals surface area contributed by atoms with Crippen molar-refractivity contribution in [2.24, 2.45) is 9.98 Å². The lowest BCUT2D eigenvalue weighted by Crippen LogP contribution is -2.26. The first-order chi connectivity index (χ1) is 5.22. The van der Waals surface area contributed by atoms with Gasteiger partial charge in [0.1, 0.15) is 6.10 Å². The zero-order chi connectivity index (χ0) is 8.69. The third-order valence-electron chi connectivity index (χ3n) is 0.872. The van der Waals surface area contributed by atoms with E-state index in [0.29, 0.717) is 0 Å². The molecule has 0 fully saturated rings. The quantitative estimate of drug-likeness (QED) is 0.377. The topological polar surface area (TPSA) is 99.3 Å². The van der Waals surface area contributed by atoms with Gasteiger partial charge in [-0.25, -0.2) is 14.6 Å². The number of aliphatic hydroxyl groups excluding tert-OH is 2. The molecule has 0 aromatic carbocycles. The number of rotatable bonds is 4. The van der Waals surface area contributed by atoms with Crippen LogP contribution in [0, 0.1) is 0 Å². The largest absolute Gasteiger partial charge is 0.386 e. The van der Waals surface area contributed by atoms with E-state index in [2.05, 4.69) is 9.98 Å². The van der Waals surface area contributed by atoms with Crippen LogP contribution in [0.25, 0.3) is 0 Å². The molecule has 0 saturated carbocycles. The first kappa shape index (κ1) is 9.68. The molecule has 2 N–H and O–H groups in total. The molecular weight excluding hydrogens is 152 g/mol. The minimum absolute atomic E-state index is 0.337. The lowest BCUT2D eigenvalue weighted by atomic mass is 10.3. The predicted octanol–water partition coefficient (Wildman–Crippen LogP) is -1.66. The molecule has 0 rings (SSSR count). The van der Waals surface area contributed by atoms with Gasteiger partial charge in [0, 0.05) is 0 Å². The minimum atomic E-state index is -1.58. The van der Waals surface area contributed by atoms with E-state index in [1.54, 1.807) is 0 Å². The molecule has 6 heteroatoms. The molecule has 0 radical (unpaired) electrons. The van der Waals surface area contributed by atoms with Gasteiger partial charge < -0.3 is 10.2 Å². The van der Waals surface area contributed by atoms with E-state index >= 15 is 0 Å². The molecule has 2 atom stereocenters. The Bertz CT molecular complexity index is 205. The Balaban J connectivity index is 3.90. The van der Waals surface area contributed by atoms with Crippen LogP contribution in [0.4, 0.5) is 0 Å². The van der Waals surface area contributed by atoms with Crippen molar-refractivity contribution in [3.63, 3.8) is 0 Å². The molecule has 0 amide bonds. The van der Waals surface area contributed by atoms with Crippen LogP contribution in [-0.4, -0.2) is 41.2 Å². The summed E-state index contributed by atoms with van der Waals surface area (Å²) >= 11 is 0. The summed E-state index contributed by atoms with van der Waals surface area (Å²) in [7, 11) is 0. The van der Waals surface area contributed by atoms with E-state index < -0.39 is 12.3 Å². The summed E-state index contributed by atoms with van der Waals surface area (Å²) in [6, 6.07) is 0. The van der Waals surface area contributed by atoms with Gasteiger partial charge in [0.15, 0.2) is 6.23 Å². The van der Waals surface area contributed by atoms with Gasteiger partial charge in [-0.2, -0.15) is 4.99 Å². The molecule has 0 heterocycles. The van der Waals surface area contributed by atoms with Gasteiger partial charge in [-0.15, -0.1) is 0 Å². The van der Waals surface area contributed by atoms with Crippen LogP contribution in [0.3, 0.4) is 0 Å². The van der Waals surface area contributed by atoms with Crippen molar-refractivity contribution in [1.29, 1.82) is 0 Å². The molecule has 0 aromatic rings. The van der Waals surface area contributed by atoms with Crippen LogP contribution in [0.15, 0.2) is 9.98 Å². The van der Waals surface area contributed by atoms with Crippen LogP contribution in [-0.2, 0) is 9.59 Å². The average molecular weight is 158 g/mol. The maximum Gasteiger partial charge on any atom is 0.237 e. The van der Waals surface area contributed by atoms with E-state index in [4.69, 9.17) is 10.2 Å². The molecule has 0 bridgehead atoms. The van der Waals surface area contributed by atoms with Crippen molar-refractivity contribution in [2.75, 3.05) is 6.54 Å². The summed E-state index contributed by atoms with van der Waals surface area (Å²) in [5.74, 6) is 0. The van der Waals surface area contributed by atoms with Crippen molar-refractivity contribution in [3.05, 3.63) is 0 Å². The van der Waals surface area contributed by atoms with Gasteiger partial charge in [0.05, 0.1) is 6.54 Å². The summed E-state index contributed by atoms with van der Waals surface area (Å²) in [4.78, 5) is 24.8. The van der Waals surface area contributed by atoms with Gasteiger partial charge in [0.25, 0.3) is 0 Å². The lowest BCUT2D eigenvalue weighted by Gasteiger charge is -2.07. The van der Waals surface area contributed by atoms with Gasteiger partial charge in [0.2, 0.25) is 12.2 Å². The summed E-state index contributed by atoms with van der Waals surface area (Å²) in [5.41, 5.74) is 0. The van der Waals surface area contributed by atoms with E-state index in [-0.39, 0.29) is 6.54 Å². The maximum absolute atomic E-state index is 9.52. The third kappa shape index (κ3) is 4.13. The Morgan fingerprint density at radius 3 is 2.36 bits per heavy atom. The summed E-state index contributed by atoms with van der Waals surface area (Å²) in [5, 5.41) is 17.5. The van der Waals surface area contributed by atoms with Gasteiger partial charge in [-0.05, 0) is 0 Å². The second kappa shape index (κ2) is 5.46. The second-order valence-corrected chi connectivity index (χ2v) is 1.63. The minimum Gasteiger partial charge on any atom is -0.386 e. The van der Waals surface area contributed by atoms with Gasteiger partial charge >= 0.3 is 0 Å². The molecule has 0 aliphatic carbocycles. The van der Waals surface area contributed by atoms with Crippen LogP contribution >= 0.6 is 0 Å². The molecule has 0 aliphatic rings. The highest BCUT2D eigenvalue weighted by molar-refractivity contribution is 5.34. The fourth-order valence-electron chi connectivity index (χ4n) is 0.365. The SMILES string of the molecule is O=C=NCC(O)C(O)N=C=O. The summed E-state index contributed by atoms with van der Waals surface area (Å²) < 4.78 is 0. The number of aliphatic imine (C=N–C) groups is 2. The number of hydrogen-bond acceptors (Lipinski definition) is 6. The maximum atomic E-state index is 9.52. The summed E-state index contributed by atoms with van der Waals surface area (Å²) in [6.07, 6.45) is -0.733. The number of hydrogen-bond donors (Lipinski definition) is 2. The number of isocyanates is 2. The molecule has 6 nitrogen and oxygen atoms in total. The Labute approximate surface area is 61.9 Å². The van der Waals surface area contributed by atoms with Crippen molar-refractivity contribution < 1.29 is 19.8 Å². The van der Waals surface area contributed by atoms with E-state index in [1.165, 1.54) is 0 Å². The normalized spacial score (nSPS) is 14.0. The Hall–Kier alpha value is -1.32. The molecule has 0 aromatic heterocycles. The molecular formula is C5H6N2O4. The van der Waals surface area contributed by atoms with Crippen molar-refractivity contribution in [2.45, 2.75) is 12.3 Å². The van der Waals surface area contributed by atoms with E-state index in [9.17, 15) is 9.59 Å². The number of aliphatic hydroxyl groups is 2. The highest BCUT2D eigenvalue weighted by Gasteiger charge is 2.13. The van der Waals surface area contributed by atoms with Crippen LogP contribution in [0.1, 0.15) is 0 Å². The third-order valence-corrected chi connectivity index (χ3v) is 0.872. The summed E-state index contributed by atoms with van der Waals surface area (Å²) in [6.45, 7) is -0.337. The molecule has 11 heavy (non-hydrogen) atoms. The highest BCUT2D eigenvalue weighted by atomic mass is 16.3. The van der Waals surface area contributed by atoms with Gasteiger partial charge in [-0.3, -0.25) is 0 Å². The standard InChI is InChI=1S/C5H6N2O4/c8-2-6-1-4(10)5(11)7-3-9/h4-5,10-11H,1H2. The first-order valence-corrected chi connectivity index (χ1v) is 2.69. The fraction of sp³-hybridized carbons (Fsp3) is 0.600. The molecule has 0 saturated heterocycles. The zero-order valence-electron chi connectivity index (χ0n) is 5.47. The molecule has 60 valence electrons. The molecule has 2 unspecified atom stereocenters. The Morgan fingerprint density at radius 1 is 1.27 bits per heavy atom. The molecule has 0 spiro atoms. The van der Waals surface area contributed by atoms with Gasteiger partial charge in [-0.1, -0.05) is 0 Å². The van der Waals surface area contributed by atoms with Crippen LogP contribution in [0.5, 0.6) is 0 Å². The van der Waals surface area contributed by atoms with Crippen molar-refractivity contribution in [1.82, 2.24) is 0 Å². The predicted molar refractivity (Wildman–Crippen MR) is 33.1 cm³/mol. The van der Waals surface area contributed by atoms with E-state index in [0.717, 1.165) is 12.2 Å². The smallest absolute Gasteiger partial charge is 0.237 e. The van der Waals surface area contributed by atoms with Crippen molar-refractivity contribution in [3.8, 4) is 0 Å². The average Bonchev–Trinajstić information content (AvgIpc) is 2.00. The Kier molecular flexibility index (Phi) is 4.81. The van der Waals surface area contributed by atoms with Crippen LogP contribution < -0.4 is 0 Å². The Morgan fingerprint density at radius 2 is 1.91 bits per heavy atom. The monoisotopic (exact) mass is 158 g/mol. The second-order valence-electron chi connectivity index (χ2n) is 1.63. The number of carbonyl (C=O) groups excluding carboxylic acids is 2. The fourth-order valence-corrected chi connectivity index (χ4v) is 0.365. The highest BCUT2D eigenvalue weighted by Crippen LogP contribution is 1.93. The van der Waals surface area contributed by atoms with Crippen molar-refractivity contribution >= 4 is 12.2 Å². The zero-order valence-corrected chi connectivity index (χ0v) is 5.47. The van der Waals surface area contributed by atoms with Crippen LogP contribution in [0.2, 0.25) is 0 Å². The number of nitrogens with zero attached hydrogens (tertiary/aromatic N) is 2. The van der Waals surface area contributed by atoms with E-state index in [1.807, 2.05) is 0 Å². The first-order valence-electron chi connectivity index (χ1n) is 2.69. The molecule has 0 aliphatic heterocycles. The lowest BCUT2D eigenvalue weighted by molar-refractivity contribution is 0.0317.